The molecule has 3 N–H and O–H groups in total. The smallest absolute Gasteiger partial charge is 0.408 e. The van der Waals surface area contributed by atoms with E-state index in [1.54, 1.807) is 44.2 Å². The molecule has 0 aromatic heterocycles. The molecule has 0 aliphatic carbocycles. The maximum absolute atomic E-state index is 12.2. The Morgan fingerprint density at radius 1 is 1.00 bits per heavy atom. The van der Waals surface area contributed by atoms with Crippen molar-refractivity contribution in [1.82, 2.24) is 5.32 Å². The molecule has 0 saturated carbocycles. The van der Waals surface area contributed by atoms with E-state index in [0.717, 1.165) is 5.56 Å². The van der Waals surface area contributed by atoms with Crippen LogP contribution < -0.4 is 10.6 Å². The monoisotopic (exact) mass is 456 g/mol. The van der Waals surface area contributed by atoms with Gasteiger partial charge in [0, 0.05) is 26.0 Å². The van der Waals surface area contributed by atoms with Gasteiger partial charge in [0.15, 0.2) is 0 Å². The summed E-state index contributed by atoms with van der Waals surface area (Å²) in [6, 6.07) is 9.43. The van der Waals surface area contributed by atoms with E-state index >= 15 is 0 Å². The predicted octanol–water partition coefficient (Wildman–Crippen LogP) is 3.25. The lowest BCUT2D eigenvalue weighted by Crippen LogP contribution is -2.42. The minimum absolute atomic E-state index is 0.000340. The molecule has 0 radical (unpaired) electrons. The van der Waals surface area contributed by atoms with Gasteiger partial charge in [-0.1, -0.05) is 36.4 Å². The number of anilines is 1. The summed E-state index contributed by atoms with van der Waals surface area (Å²) >= 11 is 0. The average molecular weight is 456 g/mol. The van der Waals surface area contributed by atoms with Gasteiger partial charge in [-0.3, -0.25) is 9.59 Å². The van der Waals surface area contributed by atoms with E-state index in [4.69, 9.17) is 9.47 Å². The van der Waals surface area contributed by atoms with Gasteiger partial charge in [0.05, 0.1) is 0 Å². The molecule has 0 aliphatic rings. The van der Waals surface area contributed by atoms with Crippen molar-refractivity contribution in [3.8, 4) is 0 Å². The van der Waals surface area contributed by atoms with E-state index in [0.29, 0.717) is 27.9 Å². The maximum atomic E-state index is 12.2. The molecule has 0 aliphatic heterocycles. The van der Waals surface area contributed by atoms with E-state index in [2.05, 4.69) is 10.6 Å². The fourth-order valence-corrected chi connectivity index (χ4v) is 3.36. The molecule has 0 bridgehead atoms. The van der Waals surface area contributed by atoms with E-state index in [1.807, 2.05) is 6.07 Å². The third-order valence-electron chi connectivity index (χ3n) is 4.95. The normalized spacial score (nSPS) is 11.3. The number of benzene rings is 2. The Kier molecular flexibility index (Phi) is 8.97. The van der Waals surface area contributed by atoms with Crippen molar-refractivity contribution in [2.24, 2.45) is 0 Å². The Morgan fingerprint density at radius 2 is 1.67 bits per heavy atom. The van der Waals surface area contributed by atoms with Crippen LogP contribution in [0.15, 0.2) is 36.4 Å². The second kappa shape index (κ2) is 11.7. The number of carbonyl (C=O) groups is 4. The quantitative estimate of drug-likeness (QED) is 0.494. The molecule has 176 valence electrons. The Labute approximate surface area is 192 Å². The first-order valence-electron chi connectivity index (χ1n) is 10.3. The molecule has 0 saturated heterocycles. The molecule has 2 aromatic carbocycles. The van der Waals surface area contributed by atoms with Crippen molar-refractivity contribution in [3.05, 3.63) is 64.2 Å². The van der Waals surface area contributed by atoms with Gasteiger partial charge in [-0.25, -0.2) is 9.59 Å². The van der Waals surface area contributed by atoms with Crippen molar-refractivity contribution in [1.29, 1.82) is 0 Å². The SMILES string of the molecule is CC(=O)Nc1c(C)cc(CC(NC(=O)OCc2ccccc2)C(=O)O)c(COC(C)=O)c1C. The van der Waals surface area contributed by atoms with Crippen LogP contribution in [-0.2, 0) is 43.5 Å². The molecule has 9 nitrogen and oxygen atoms in total. The highest BCUT2D eigenvalue weighted by Crippen LogP contribution is 2.29. The lowest BCUT2D eigenvalue weighted by atomic mass is 9.92. The van der Waals surface area contributed by atoms with Gasteiger partial charge in [0.25, 0.3) is 0 Å². The van der Waals surface area contributed by atoms with Crippen LogP contribution >= 0.6 is 0 Å². The second-order valence-electron chi connectivity index (χ2n) is 7.59. The molecule has 0 fully saturated rings. The number of ether oxygens (including phenoxy) is 2. The molecular weight excluding hydrogens is 428 g/mol. The van der Waals surface area contributed by atoms with E-state index in [-0.39, 0.29) is 25.5 Å². The van der Waals surface area contributed by atoms with Crippen molar-refractivity contribution in [3.63, 3.8) is 0 Å². The minimum atomic E-state index is -1.28. The molecule has 33 heavy (non-hydrogen) atoms. The number of carboxylic acids is 1. The lowest BCUT2D eigenvalue weighted by Gasteiger charge is -2.21. The summed E-state index contributed by atoms with van der Waals surface area (Å²) in [5, 5.41) is 14.8. The number of esters is 1. The summed E-state index contributed by atoms with van der Waals surface area (Å²) in [7, 11) is 0. The predicted molar refractivity (Wildman–Crippen MR) is 121 cm³/mol. The van der Waals surface area contributed by atoms with Gasteiger partial charge in [-0.2, -0.15) is 0 Å². The summed E-state index contributed by atoms with van der Waals surface area (Å²) in [6.07, 6.45) is -0.940. The van der Waals surface area contributed by atoms with Gasteiger partial charge in [0.1, 0.15) is 19.3 Å². The van der Waals surface area contributed by atoms with Crippen molar-refractivity contribution < 1.29 is 33.8 Å². The van der Waals surface area contributed by atoms with Crippen LogP contribution in [0.5, 0.6) is 0 Å². The summed E-state index contributed by atoms with van der Waals surface area (Å²) < 4.78 is 10.3. The number of nitrogens with one attached hydrogen (secondary N) is 2. The van der Waals surface area contributed by atoms with Crippen LogP contribution in [0.2, 0.25) is 0 Å². The first-order chi connectivity index (χ1) is 15.6. The number of alkyl carbamates (subject to hydrolysis) is 1. The number of hydrogen-bond acceptors (Lipinski definition) is 6. The van der Waals surface area contributed by atoms with E-state index < -0.39 is 24.1 Å². The highest BCUT2D eigenvalue weighted by atomic mass is 16.5. The van der Waals surface area contributed by atoms with E-state index in [1.165, 1.54) is 13.8 Å². The van der Waals surface area contributed by atoms with Crippen LogP contribution in [-0.4, -0.2) is 35.1 Å². The number of hydrogen-bond donors (Lipinski definition) is 3. The van der Waals surface area contributed by atoms with Gasteiger partial charge < -0.3 is 25.2 Å². The first kappa shape index (κ1) is 25.4. The lowest BCUT2D eigenvalue weighted by molar-refractivity contribution is -0.142. The largest absolute Gasteiger partial charge is 0.480 e. The average Bonchev–Trinajstić information content (AvgIpc) is 2.74. The van der Waals surface area contributed by atoms with Crippen LogP contribution in [0.3, 0.4) is 0 Å². The number of aliphatic carboxylic acids is 1. The number of amides is 2. The minimum Gasteiger partial charge on any atom is -0.480 e. The highest BCUT2D eigenvalue weighted by molar-refractivity contribution is 5.91. The standard InChI is InChI=1S/C24H28N2O7/c1-14-10-19(20(13-32-17(4)28)15(2)22(14)25-16(3)27)11-21(23(29)30)26-24(31)33-12-18-8-6-5-7-9-18/h5-10,21H,11-13H2,1-4H3,(H,25,27)(H,26,31)(H,29,30). The van der Waals surface area contributed by atoms with Crippen molar-refractivity contribution >= 4 is 29.6 Å². The van der Waals surface area contributed by atoms with Crippen LogP contribution in [0, 0.1) is 13.8 Å². The van der Waals surface area contributed by atoms with Gasteiger partial charge >= 0.3 is 18.0 Å². The zero-order chi connectivity index (χ0) is 24.5. The molecule has 0 heterocycles. The number of carbonyl (C=O) groups excluding carboxylic acids is 3. The van der Waals surface area contributed by atoms with Gasteiger partial charge in [-0.15, -0.1) is 0 Å². The Bertz CT molecular complexity index is 1030. The van der Waals surface area contributed by atoms with Crippen molar-refractivity contribution in [2.45, 2.75) is 53.4 Å². The maximum Gasteiger partial charge on any atom is 0.408 e. The number of carboxylic acid groups (broad SMARTS) is 1. The fourth-order valence-electron chi connectivity index (χ4n) is 3.36. The Hall–Kier alpha value is -3.88. The second-order valence-corrected chi connectivity index (χ2v) is 7.59. The summed E-state index contributed by atoms with van der Waals surface area (Å²) in [5.74, 6) is -2.01. The van der Waals surface area contributed by atoms with Crippen LogP contribution in [0.1, 0.15) is 41.7 Å². The number of rotatable bonds is 9. The molecule has 1 atom stereocenters. The summed E-state index contributed by atoms with van der Waals surface area (Å²) in [4.78, 5) is 47.0. The molecule has 1 unspecified atom stereocenters. The third kappa shape index (κ3) is 7.64. The molecule has 0 spiro atoms. The third-order valence-corrected chi connectivity index (χ3v) is 4.95. The molecule has 2 aromatic rings. The molecule has 2 rings (SSSR count). The first-order valence-corrected chi connectivity index (χ1v) is 10.3. The fraction of sp³-hybridized carbons (Fsp3) is 0.333. The zero-order valence-corrected chi connectivity index (χ0v) is 19.1. The molecule has 9 heteroatoms. The summed E-state index contributed by atoms with van der Waals surface area (Å²) in [5.41, 5.74) is 3.82. The van der Waals surface area contributed by atoms with Crippen LogP contribution in [0.4, 0.5) is 10.5 Å². The topological polar surface area (TPSA) is 131 Å². The Balaban J connectivity index is 2.25. The zero-order valence-electron chi connectivity index (χ0n) is 19.1. The summed E-state index contributed by atoms with van der Waals surface area (Å²) in [6.45, 7) is 6.06. The van der Waals surface area contributed by atoms with Crippen molar-refractivity contribution in [2.75, 3.05) is 5.32 Å². The van der Waals surface area contributed by atoms with Crippen LogP contribution in [0.25, 0.3) is 0 Å². The van der Waals surface area contributed by atoms with Gasteiger partial charge in [0.2, 0.25) is 5.91 Å². The van der Waals surface area contributed by atoms with E-state index in [9.17, 15) is 24.3 Å². The molecular formula is C24H28N2O7. The highest BCUT2D eigenvalue weighted by Gasteiger charge is 2.25. The van der Waals surface area contributed by atoms with Gasteiger partial charge in [-0.05, 0) is 41.7 Å². The Morgan fingerprint density at radius 3 is 2.24 bits per heavy atom. The number of aryl methyl sites for hydroxylation is 1. The molecule has 2 amide bonds.